The molecule has 0 fully saturated rings. The van der Waals surface area contributed by atoms with Crippen LogP contribution in [0.4, 0.5) is 16.2 Å². The molecule has 1 heterocycles. The molecule has 6 nitrogen and oxygen atoms in total. The van der Waals surface area contributed by atoms with E-state index in [-0.39, 0.29) is 11.9 Å². The number of benzene rings is 2. The first-order valence-corrected chi connectivity index (χ1v) is 8.39. The van der Waals surface area contributed by atoms with Crippen molar-refractivity contribution < 1.29 is 9.59 Å². The van der Waals surface area contributed by atoms with Crippen LogP contribution in [0.5, 0.6) is 0 Å². The van der Waals surface area contributed by atoms with Gasteiger partial charge in [0, 0.05) is 24.5 Å². The van der Waals surface area contributed by atoms with Crippen molar-refractivity contribution in [3.05, 3.63) is 59.6 Å². The van der Waals surface area contributed by atoms with E-state index in [9.17, 15) is 9.59 Å². The number of fused-ring (bicyclic) bond motifs is 1. The molecule has 7 heteroatoms. The molecule has 25 heavy (non-hydrogen) atoms. The summed E-state index contributed by atoms with van der Waals surface area (Å²) in [6.07, 6.45) is 3.15. The van der Waals surface area contributed by atoms with Crippen molar-refractivity contribution in [2.45, 2.75) is 0 Å². The van der Waals surface area contributed by atoms with E-state index in [1.54, 1.807) is 37.4 Å². The maximum atomic E-state index is 12.0. The summed E-state index contributed by atoms with van der Waals surface area (Å²) in [4.78, 5) is 27.7. The van der Waals surface area contributed by atoms with Crippen LogP contribution >= 0.6 is 11.3 Å². The second-order valence-electron chi connectivity index (χ2n) is 5.12. The molecule has 0 saturated heterocycles. The number of anilines is 2. The Labute approximate surface area is 148 Å². The molecule has 0 aliphatic carbocycles. The highest BCUT2D eigenvalue weighted by Crippen LogP contribution is 2.22. The lowest BCUT2D eigenvalue weighted by atomic mass is 10.2. The van der Waals surface area contributed by atoms with Crippen molar-refractivity contribution in [3.8, 4) is 0 Å². The van der Waals surface area contributed by atoms with Crippen molar-refractivity contribution in [1.82, 2.24) is 10.3 Å². The molecule has 3 amide bonds. The molecule has 0 atom stereocenters. The zero-order valence-electron chi connectivity index (χ0n) is 13.4. The van der Waals surface area contributed by atoms with Gasteiger partial charge in [-0.05, 0) is 42.5 Å². The second-order valence-corrected chi connectivity index (χ2v) is 6.19. The van der Waals surface area contributed by atoms with Crippen LogP contribution in [0.3, 0.4) is 0 Å². The second kappa shape index (κ2) is 7.59. The van der Waals surface area contributed by atoms with Gasteiger partial charge in [0.2, 0.25) is 5.91 Å². The number of hydrogen-bond donors (Lipinski definition) is 3. The maximum Gasteiger partial charge on any atom is 0.318 e. The average molecular weight is 352 g/mol. The van der Waals surface area contributed by atoms with Gasteiger partial charge >= 0.3 is 6.03 Å². The van der Waals surface area contributed by atoms with E-state index in [2.05, 4.69) is 20.9 Å². The van der Waals surface area contributed by atoms with E-state index < -0.39 is 0 Å². The van der Waals surface area contributed by atoms with E-state index in [0.29, 0.717) is 11.4 Å². The number of amides is 3. The third kappa shape index (κ3) is 4.42. The SMILES string of the molecule is CNC(=O)Nc1ccc(NC(=O)/C=C/c2nc3ccccc3s2)cc1. The van der Waals surface area contributed by atoms with Gasteiger partial charge in [-0.2, -0.15) is 0 Å². The average Bonchev–Trinajstić information content (AvgIpc) is 3.04. The Hall–Kier alpha value is -3.19. The Morgan fingerprint density at radius 3 is 2.36 bits per heavy atom. The molecule has 3 aromatic rings. The molecule has 126 valence electrons. The van der Waals surface area contributed by atoms with E-state index >= 15 is 0 Å². The van der Waals surface area contributed by atoms with Crippen LogP contribution < -0.4 is 16.0 Å². The lowest BCUT2D eigenvalue weighted by Gasteiger charge is -2.06. The van der Waals surface area contributed by atoms with Crippen LogP contribution in [0, 0.1) is 0 Å². The van der Waals surface area contributed by atoms with Crippen LogP contribution in [0.2, 0.25) is 0 Å². The van der Waals surface area contributed by atoms with Gasteiger partial charge < -0.3 is 16.0 Å². The predicted molar refractivity (Wildman–Crippen MR) is 102 cm³/mol. The molecule has 3 rings (SSSR count). The summed E-state index contributed by atoms with van der Waals surface area (Å²) in [5.41, 5.74) is 2.20. The standard InChI is InChI=1S/C18H16N4O2S/c1-19-18(24)21-13-8-6-12(7-9-13)20-16(23)10-11-17-22-14-4-2-3-5-15(14)25-17/h2-11H,1H3,(H,20,23)(H2,19,21,24)/b11-10+. The summed E-state index contributed by atoms with van der Waals surface area (Å²) in [5, 5.41) is 8.66. The number of hydrogen-bond acceptors (Lipinski definition) is 4. The molecule has 0 aliphatic heterocycles. The largest absolute Gasteiger partial charge is 0.341 e. The third-order valence-electron chi connectivity index (χ3n) is 3.33. The van der Waals surface area contributed by atoms with Gasteiger partial charge in [-0.15, -0.1) is 11.3 Å². The topological polar surface area (TPSA) is 83.1 Å². The zero-order valence-corrected chi connectivity index (χ0v) is 14.3. The summed E-state index contributed by atoms with van der Waals surface area (Å²) in [6, 6.07) is 14.4. The normalized spacial score (nSPS) is 10.8. The molecular formula is C18H16N4O2S. The minimum atomic E-state index is -0.296. The molecule has 0 saturated carbocycles. The quantitative estimate of drug-likeness (QED) is 0.626. The predicted octanol–water partition coefficient (Wildman–Crippen LogP) is 3.70. The Bertz CT molecular complexity index is 899. The van der Waals surface area contributed by atoms with Gasteiger partial charge in [0.15, 0.2) is 0 Å². The van der Waals surface area contributed by atoms with Gasteiger partial charge in [-0.1, -0.05) is 12.1 Å². The molecule has 2 aromatic carbocycles. The van der Waals surface area contributed by atoms with Gasteiger partial charge in [0.25, 0.3) is 0 Å². The van der Waals surface area contributed by atoms with Gasteiger partial charge in [-0.3, -0.25) is 4.79 Å². The fourth-order valence-corrected chi connectivity index (χ4v) is 2.99. The highest BCUT2D eigenvalue weighted by molar-refractivity contribution is 7.19. The van der Waals surface area contributed by atoms with Crippen LogP contribution in [0.1, 0.15) is 5.01 Å². The van der Waals surface area contributed by atoms with Crippen LogP contribution in [0.25, 0.3) is 16.3 Å². The molecule has 0 aliphatic rings. The van der Waals surface area contributed by atoms with Crippen molar-refractivity contribution >= 4 is 50.9 Å². The summed E-state index contributed by atoms with van der Waals surface area (Å²) in [5.74, 6) is -0.244. The van der Waals surface area contributed by atoms with Gasteiger partial charge in [0.1, 0.15) is 5.01 Å². The first-order valence-electron chi connectivity index (χ1n) is 7.57. The van der Waals surface area contributed by atoms with Gasteiger partial charge in [-0.25, -0.2) is 9.78 Å². The number of carbonyl (C=O) groups excluding carboxylic acids is 2. The highest BCUT2D eigenvalue weighted by Gasteiger charge is 2.03. The first-order chi connectivity index (χ1) is 12.1. The number of para-hydroxylation sites is 1. The monoisotopic (exact) mass is 352 g/mol. The Morgan fingerprint density at radius 2 is 1.68 bits per heavy atom. The number of nitrogens with zero attached hydrogens (tertiary/aromatic N) is 1. The summed E-state index contributed by atoms with van der Waals surface area (Å²) >= 11 is 1.53. The smallest absolute Gasteiger partial charge is 0.318 e. The fraction of sp³-hybridized carbons (Fsp3) is 0.0556. The molecular weight excluding hydrogens is 336 g/mol. The molecule has 3 N–H and O–H groups in total. The van der Waals surface area contributed by atoms with E-state index in [4.69, 9.17) is 0 Å². The maximum absolute atomic E-state index is 12.0. The molecule has 0 radical (unpaired) electrons. The molecule has 0 unspecified atom stereocenters. The Balaban J connectivity index is 1.60. The number of aromatic nitrogens is 1. The summed E-state index contributed by atoms with van der Waals surface area (Å²) < 4.78 is 1.08. The lowest BCUT2D eigenvalue weighted by molar-refractivity contribution is -0.111. The number of nitrogens with one attached hydrogen (secondary N) is 3. The number of rotatable bonds is 4. The van der Waals surface area contributed by atoms with E-state index in [1.807, 2.05) is 24.3 Å². The van der Waals surface area contributed by atoms with Crippen molar-refractivity contribution in [1.29, 1.82) is 0 Å². The Morgan fingerprint density at radius 1 is 1.00 bits per heavy atom. The van der Waals surface area contributed by atoms with Crippen molar-refractivity contribution in [2.24, 2.45) is 0 Å². The van der Waals surface area contributed by atoms with E-state index in [1.165, 1.54) is 17.4 Å². The first kappa shape index (κ1) is 16.7. The molecule has 0 spiro atoms. The zero-order chi connectivity index (χ0) is 17.6. The van der Waals surface area contributed by atoms with Crippen LogP contribution in [0.15, 0.2) is 54.6 Å². The van der Waals surface area contributed by atoms with E-state index in [0.717, 1.165) is 15.2 Å². The lowest BCUT2D eigenvalue weighted by Crippen LogP contribution is -2.24. The van der Waals surface area contributed by atoms with Crippen LogP contribution in [-0.4, -0.2) is 24.0 Å². The summed E-state index contributed by atoms with van der Waals surface area (Å²) in [7, 11) is 1.54. The van der Waals surface area contributed by atoms with Crippen LogP contribution in [-0.2, 0) is 4.79 Å². The molecule has 1 aromatic heterocycles. The minimum Gasteiger partial charge on any atom is -0.341 e. The number of urea groups is 1. The minimum absolute atomic E-state index is 0.244. The highest BCUT2D eigenvalue weighted by atomic mass is 32.1. The molecule has 0 bridgehead atoms. The number of thiazole rings is 1. The van der Waals surface area contributed by atoms with Crippen molar-refractivity contribution in [3.63, 3.8) is 0 Å². The number of carbonyl (C=O) groups is 2. The summed E-state index contributed by atoms with van der Waals surface area (Å²) in [6.45, 7) is 0. The third-order valence-corrected chi connectivity index (χ3v) is 4.33. The van der Waals surface area contributed by atoms with Gasteiger partial charge in [0.05, 0.1) is 10.2 Å². The fourth-order valence-electron chi connectivity index (χ4n) is 2.12. The van der Waals surface area contributed by atoms with Crippen molar-refractivity contribution in [2.75, 3.05) is 17.7 Å². The Kier molecular flexibility index (Phi) is 5.06.